The number of rotatable bonds is 5. The summed E-state index contributed by atoms with van der Waals surface area (Å²) in [6.45, 7) is 2.31. The fourth-order valence-corrected chi connectivity index (χ4v) is 3.04. The SMILES string of the molecule is Cc1c(C(=O)NCC(N)C2CC2)nnn1-c1cccc2cnccc12.Cl.Cl. The smallest absolute Gasteiger partial charge is 0.273 e. The molecule has 1 amide bonds. The number of pyridine rings is 1. The summed E-state index contributed by atoms with van der Waals surface area (Å²) < 4.78 is 1.69. The largest absolute Gasteiger partial charge is 0.349 e. The van der Waals surface area contributed by atoms with Gasteiger partial charge in [-0.1, -0.05) is 17.3 Å². The summed E-state index contributed by atoms with van der Waals surface area (Å²) in [5.41, 5.74) is 7.94. The highest BCUT2D eigenvalue weighted by Crippen LogP contribution is 2.31. The van der Waals surface area contributed by atoms with Crippen molar-refractivity contribution in [1.29, 1.82) is 0 Å². The Morgan fingerprint density at radius 1 is 1.33 bits per heavy atom. The van der Waals surface area contributed by atoms with Crippen LogP contribution in [0.15, 0.2) is 36.7 Å². The number of hydrogen-bond donors (Lipinski definition) is 2. The molecule has 1 saturated carbocycles. The fraction of sp³-hybridized carbons (Fsp3) is 0.333. The number of amides is 1. The van der Waals surface area contributed by atoms with E-state index in [9.17, 15) is 4.79 Å². The minimum absolute atomic E-state index is 0. The Morgan fingerprint density at radius 3 is 2.85 bits per heavy atom. The Labute approximate surface area is 169 Å². The maximum Gasteiger partial charge on any atom is 0.273 e. The van der Waals surface area contributed by atoms with E-state index in [1.807, 2.05) is 31.2 Å². The summed E-state index contributed by atoms with van der Waals surface area (Å²) in [5, 5.41) is 13.2. The van der Waals surface area contributed by atoms with Gasteiger partial charge in [0.2, 0.25) is 0 Å². The van der Waals surface area contributed by atoms with Gasteiger partial charge in [0.25, 0.3) is 5.91 Å². The third kappa shape index (κ3) is 4.21. The molecule has 3 N–H and O–H groups in total. The van der Waals surface area contributed by atoms with Crippen LogP contribution in [0.25, 0.3) is 16.5 Å². The lowest BCUT2D eigenvalue weighted by atomic mass is 10.1. The normalized spacial score (nSPS) is 14.1. The van der Waals surface area contributed by atoms with Gasteiger partial charge in [0.15, 0.2) is 5.69 Å². The molecule has 0 radical (unpaired) electrons. The second kappa shape index (κ2) is 8.65. The van der Waals surface area contributed by atoms with Gasteiger partial charge in [-0.25, -0.2) is 4.68 Å². The van der Waals surface area contributed by atoms with Gasteiger partial charge in [-0.3, -0.25) is 9.78 Å². The molecule has 144 valence electrons. The zero-order valence-electron chi connectivity index (χ0n) is 14.8. The van der Waals surface area contributed by atoms with Gasteiger partial charge in [0.05, 0.1) is 11.4 Å². The molecule has 1 fully saturated rings. The van der Waals surface area contributed by atoms with Gasteiger partial charge in [-0.15, -0.1) is 29.9 Å². The van der Waals surface area contributed by atoms with Gasteiger partial charge < -0.3 is 11.1 Å². The van der Waals surface area contributed by atoms with Crippen molar-refractivity contribution < 1.29 is 4.79 Å². The molecular formula is C18H22Cl2N6O. The molecule has 1 atom stereocenters. The first-order valence-electron chi connectivity index (χ1n) is 8.44. The van der Waals surface area contributed by atoms with Crippen molar-refractivity contribution in [2.75, 3.05) is 6.54 Å². The van der Waals surface area contributed by atoms with Crippen molar-refractivity contribution in [2.45, 2.75) is 25.8 Å². The summed E-state index contributed by atoms with van der Waals surface area (Å²) in [5.74, 6) is 0.308. The van der Waals surface area contributed by atoms with Crippen molar-refractivity contribution in [1.82, 2.24) is 25.3 Å². The van der Waals surface area contributed by atoms with Gasteiger partial charge in [-0.2, -0.15) is 0 Å². The monoisotopic (exact) mass is 408 g/mol. The molecule has 0 bridgehead atoms. The van der Waals surface area contributed by atoms with Gasteiger partial charge >= 0.3 is 0 Å². The first-order valence-corrected chi connectivity index (χ1v) is 8.44. The summed E-state index contributed by atoms with van der Waals surface area (Å²) in [7, 11) is 0. The molecular weight excluding hydrogens is 387 g/mol. The van der Waals surface area contributed by atoms with Crippen LogP contribution in [0.3, 0.4) is 0 Å². The molecule has 2 aromatic heterocycles. The number of carbonyl (C=O) groups excluding carboxylic acids is 1. The van der Waals surface area contributed by atoms with Crippen LogP contribution < -0.4 is 11.1 Å². The van der Waals surface area contributed by atoms with E-state index in [0.717, 1.165) is 29.3 Å². The van der Waals surface area contributed by atoms with Crippen molar-refractivity contribution >= 4 is 41.5 Å². The van der Waals surface area contributed by atoms with Crippen LogP contribution in [-0.4, -0.2) is 38.5 Å². The molecule has 3 aromatic rings. The van der Waals surface area contributed by atoms with Crippen LogP contribution in [0, 0.1) is 12.8 Å². The lowest BCUT2D eigenvalue weighted by Crippen LogP contribution is -2.38. The van der Waals surface area contributed by atoms with E-state index >= 15 is 0 Å². The molecule has 2 heterocycles. The maximum absolute atomic E-state index is 12.4. The van der Waals surface area contributed by atoms with Crippen LogP contribution in [0.5, 0.6) is 0 Å². The standard InChI is InChI=1S/C18H20N6O.2ClH/c1-11-17(18(25)21-10-15(19)12-5-6-12)22-23-24(11)16-4-2-3-13-9-20-8-7-14(13)16;;/h2-4,7-9,12,15H,5-6,10,19H2,1H3,(H,21,25);2*1H. The number of halogens is 2. The number of aromatic nitrogens is 4. The highest BCUT2D eigenvalue weighted by Gasteiger charge is 2.29. The third-order valence-corrected chi connectivity index (χ3v) is 4.72. The molecule has 4 rings (SSSR count). The Hall–Kier alpha value is -2.22. The van der Waals surface area contributed by atoms with Crippen molar-refractivity contribution in [3.8, 4) is 5.69 Å². The fourth-order valence-electron chi connectivity index (χ4n) is 3.04. The van der Waals surface area contributed by atoms with E-state index in [-0.39, 0.29) is 36.8 Å². The highest BCUT2D eigenvalue weighted by molar-refractivity contribution is 5.94. The molecule has 0 saturated heterocycles. The minimum atomic E-state index is -0.234. The molecule has 0 spiro atoms. The summed E-state index contributed by atoms with van der Waals surface area (Å²) in [4.78, 5) is 16.6. The summed E-state index contributed by atoms with van der Waals surface area (Å²) in [6, 6.07) is 7.83. The highest BCUT2D eigenvalue weighted by atomic mass is 35.5. The molecule has 1 unspecified atom stereocenters. The average molecular weight is 409 g/mol. The van der Waals surface area contributed by atoms with Crippen LogP contribution in [0.1, 0.15) is 29.0 Å². The lowest BCUT2D eigenvalue weighted by molar-refractivity contribution is 0.0944. The van der Waals surface area contributed by atoms with E-state index in [4.69, 9.17) is 5.73 Å². The number of hydrogen-bond acceptors (Lipinski definition) is 5. The Bertz CT molecular complexity index is 935. The predicted octanol–water partition coefficient (Wildman–Crippen LogP) is 2.43. The molecule has 1 aromatic carbocycles. The summed E-state index contributed by atoms with van der Waals surface area (Å²) in [6.07, 6.45) is 5.85. The maximum atomic E-state index is 12.4. The first-order chi connectivity index (χ1) is 12.1. The Balaban J connectivity index is 0.00000131. The van der Waals surface area contributed by atoms with Crippen LogP contribution >= 0.6 is 24.8 Å². The molecule has 27 heavy (non-hydrogen) atoms. The predicted molar refractivity (Wildman–Crippen MR) is 109 cm³/mol. The quantitative estimate of drug-likeness (QED) is 0.675. The average Bonchev–Trinajstić information content (AvgIpc) is 3.42. The zero-order valence-corrected chi connectivity index (χ0v) is 16.5. The van der Waals surface area contributed by atoms with E-state index in [2.05, 4.69) is 20.6 Å². The molecule has 1 aliphatic rings. The van der Waals surface area contributed by atoms with E-state index in [0.29, 0.717) is 23.9 Å². The number of nitrogens with one attached hydrogen (secondary N) is 1. The van der Waals surface area contributed by atoms with Crippen molar-refractivity contribution in [3.63, 3.8) is 0 Å². The molecule has 7 nitrogen and oxygen atoms in total. The van der Waals surface area contributed by atoms with E-state index < -0.39 is 0 Å². The van der Waals surface area contributed by atoms with Crippen LogP contribution in [-0.2, 0) is 0 Å². The van der Waals surface area contributed by atoms with E-state index in [1.54, 1.807) is 17.1 Å². The molecule has 1 aliphatic carbocycles. The number of carbonyl (C=O) groups is 1. The topological polar surface area (TPSA) is 98.7 Å². The first kappa shape index (κ1) is 21.1. The number of nitrogens with two attached hydrogens (primary N) is 1. The number of benzene rings is 1. The van der Waals surface area contributed by atoms with Crippen LogP contribution in [0.4, 0.5) is 0 Å². The van der Waals surface area contributed by atoms with Crippen molar-refractivity contribution in [3.05, 3.63) is 48.0 Å². The van der Waals surface area contributed by atoms with Gasteiger partial charge in [-0.05, 0) is 37.8 Å². The minimum Gasteiger partial charge on any atom is -0.349 e. The third-order valence-electron chi connectivity index (χ3n) is 4.72. The summed E-state index contributed by atoms with van der Waals surface area (Å²) >= 11 is 0. The second-order valence-corrected chi connectivity index (χ2v) is 6.52. The van der Waals surface area contributed by atoms with Gasteiger partial charge in [0, 0.05) is 35.8 Å². The van der Waals surface area contributed by atoms with Gasteiger partial charge in [0.1, 0.15) is 0 Å². The number of fused-ring (bicyclic) bond motifs is 1. The number of nitrogens with zero attached hydrogens (tertiary/aromatic N) is 4. The second-order valence-electron chi connectivity index (χ2n) is 6.52. The Kier molecular flexibility index (Phi) is 6.75. The molecule has 9 heteroatoms. The lowest BCUT2D eigenvalue weighted by Gasteiger charge is -2.11. The van der Waals surface area contributed by atoms with E-state index in [1.165, 1.54) is 0 Å². The van der Waals surface area contributed by atoms with Crippen LogP contribution in [0.2, 0.25) is 0 Å². The molecule has 0 aliphatic heterocycles. The van der Waals surface area contributed by atoms with Crippen molar-refractivity contribution in [2.24, 2.45) is 11.7 Å². The zero-order chi connectivity index (χ0) is 17.4. The Morgan fingerprint density at radius 2 is 2.11 bits per heavy atom.